The van der Waals surface area contributed by atoms with Crippen molar-refractivity contribution in [1.29, 1.82) is 0 Å². The van der Waals surface area contributed by atoms with E-state index in [0.29, 0.717) is 21.3 Å². The fraction of sp³-hybridized carbons (Fsp3) is 0. The zero-order valence-corrected chi connectivity index (χ0v) is 12.7. The molecule has 0 spiro atoms. The number of nitrogens with one attached hydrogen (secondary N) is 1. The topological polar surface area (TPSA) is 61.7 Å². The molecule has 0 atom stereocenters. The zero-order valence-electron chi connectivity index (χ0n) is 10.5. The number of rotatable bonds is 4. The first-order chi connectivity index (χ1) is 9.99. The van der Waals surface area contributed by atoms with E-state index in [1.165, 1.54) is 18.3 Å². The Morgan fingerprint density at radius 2 is 1.90 bits per heavy atom. The lowest BCUT2D eigenvalue weighted by molar-refractivity contribution is 0.0697. The molecule has 2 aromatic rings. The van der Waals surface area contributed by atoms with Gasteiger partial charge in [0, 0.05) is 5.56 Å². The van der Waals surface area contributed by atoms with Crippen LogP contribution in [-0.2, 0) is 0 Å². The summed E-state index contributed by atoms with van der Waals surface area (Å²) in [7, 11) is 0. The number of halogens is 3. The number of benzene rings is 2. The number of nitrogens with zero attached hydrogens (tertiary/aromatic N) is 1. The van der Waals surface area contributed by atoms with Gasteiger partial charge in [0.2, 0.25) is 0 Å². The monoisotopic (exact) mass is 342 g/mol. The Kier molecular flexibility index (Phi) is 5.07. The molecular formula is C14H9Cl3N2O2. The van der Waals surface area contributed by atoms with Gasteiger partial charge in [0.1, 0.15) is 0 Å². The smallest absolute Gasteiger partial charge is 0.337 e. The Balaban J connectivity index is 2.16. The van der Waals surface area contributed by atoms with Crippen LogP contribution in [0.4, 0.5) is 5.69 Å². The Morgan fingerprint density at radius 3 is 2.62 bits per heavy atom. The van der Waals surface area contributed by atoms with Gasteiger partial charge in [-0.25, -0.2) is 4.79 Å². The highest BCUT2D eigenvalue weighted by Crippen LogP contribution is 2.24. The molecule has 0 fully saturated rings. The van der Waals surface area contributed by atoms with Gasteiger partial charge in [-0.3, -0.25) is 5.43 Å². The van der Waals surface area contributed by atoms with E-state index in [9.17, 15) is 4.79 Å². The summed E-state index contributed by atoms with van der Waals surface area (Å²) in [5.74, 6) is -1.11. The number of carboxylic acid groups (broad SMARTS) is 1. The lowest BCUT2D eigenvalue weighted by atomic mass is 10.2. The highest BCUT2D eigenvalue weighted by atomic mass is 35.5. The summed E-state index contributed by atoms with van der Waals surface area (Å²) in [6.07, 6.45) is 1.49. The van der Waals surface area contributed by atoms with Crippen molar-refractivity contribution >= 4 is 52.7 Å². The van der Waals surface area contributed by atoms with Gasteiger partial charge in [0.25, 0.3) is 0 Å². The molecule has 2 rings (SSSR count). The van der Waals surface area contributed by atoms with Crippen LogP contribution >= 0.6 is 34.8 Å². The summed E-state index contributed by atoms with van der Waals surface area (Å²) >= 11 is 17.7. The van der Waals surface area contributed by atoms with Crippen LogP contribution in [0.3, 0.4) is 0 Å². The molecule has 0 radical (unpaired) electrons. The molecule has 0 saturated carbocycles. The van der Waals surface area contributed by atoms with E-state index >= 15 is 0 Å². The minimum Gasteiger partial charge on any atom is -0.478 e. The third-order valence-corrected chi connectivity index (χ3v) is 3.74. The molecule has 0 heterocycles. The van der Waals surface area contributed by atoms with Crippen LogP contribution in [0.5, 0.6) is 0 Å². The maximum absolute atomic E-state index is 11.0. The maximum atomic E-state index is 11.0. The van der Waals surface area contributed by atoms with E-state index in [2.05, 4.69) is 10.5 Å². The first-order valence-corrected chi connectivity index (χ1v) is 6.88. The number of carbonyl (C=O) groups is 1. The number of hydrogen-bond acceptors (Lipinski definition) is 3. The molecule has 21 heavy (non-hydrogen) atoms. The molecule has 108 valence electrons. The van der Waals surface area contributed by atoms with Crippen LogP contribution in [0.15, 0.2) is 41.5 Å². The Morgan fingerprint density at radius 1 is 1.14 bits per heavy atom. The molecule has 0 saturated heterocycles. The van der Waals surface area contributed by atoms with Crippen molar-refractivity contribution in [3.8, 4) is 0 Å². The molecule has 0 amide bonds. The molecule has 2 N–H and O–H groups in total. The molecule has 0 aromatic heterocycles. The Labute approximate surface area is 135 Å². The van der Waals surface area contributed by atoms with Crippen LogP contribution < -0.4 is 5.43 Å². The minimum atomic E-state index is -1.11. The molecule has 4 nitrogen and oxygen atoms in total. The Bertz CT molecular complexity index is 717. The van der Waals surface area contributed by atoms with E-state index in [0.717, 1.165) is 0 Å². The van der Waals surface area contributed by atoms with E-state index in [1.807, 2.05) is 0 Å². The van der Waals surface area contributed by atoms with Crippen LogP contribution in [0.25, 0.3) is 0 Å². The molecular weight excluding hydrogens is 335 g/mol. The van der Waals surface area contributed by atoms with Crippen molar-refractivity contribution in [2.45, 2.75) is 0 Å². The van der Waals surface area contributed by atoms with Crippen molar-refractivity contribution < 1.29 is 9.90 Å². The second-order valence-corrected chi connectivity index (χ2v) is 5.21. The SMILES string of the molecule is O=C(O)c1cc(NN=Cc2cccc(Cl)c2Cl)ccc1Cl. The van der Waals surface area contributed by atoms with Crippen LogP contribution in [0, 0.1) is 0 Å². The first-order valence-electron chi connectivity index (χ1n) is 5.75. The maximum Gasteiger partial charge on any atom is 0.337 e. The summed E-state index contributed by atoms with van der Waals surface area (Å²) in [5, 5.41) is 14.0. The molecule has 2 aromatic carbocycles. The number of aromatic carboxylic acids is 1. The van der Waals surface area contributed by atoms with Crippen molar-refractivity contribution in [3.63, 3.8) is 0 Å². The highest BCUT2D eigenvalue weighted by Gasteiger charge is 2.09. The van der Waals surface area contributed by atoms with Gasteiger partial charge in [-0.1, -0.05) is 46.9 Å². The fourth-order valence-corrected chi connectivity index (χ4v) is 2.11. The van der Waals surface area contributed by atoms with Crippen molar-refractivity contribution in [1.82, 2.24) is 0 Å². The summed E-state index contributed by atoms with van der Waals surface area (Å²) in [6, 6.07) is 9.67. The van der Waals surface area contributed by atoms with Gasteiger partial charge < -0.3 is 5.11 Å². The van der Waals surface area contributed by atoms with Gasteiger partial charge in [-0.2, -0.15) is 5.10 Å². The van der Waals surface area contributed by atoms with Crippen molar-refractivity contribution in [2.75, 3.05) is 5.43 Å². The molecule has 0 aliphatic carbocycles. The second kappa shape index (κ2) is 6.80. The molecule has 0 unspecified atom stereocenters. The van der Waals surface area contributed by atoms with E-state index in [4.69, 9.17) is 39.9 Å². The number of anilines is 1. The third kappa shape index (κ3) is 3.88. The summed E-state index contributed by atoms with van der Waals surface area (Å²) < 4.78 is 0. The Hall–Kier alpha value is -1.75. The third-order valence-electron chi connectivity index (χ3n) is 2.58. The summed E-state index contributed by atoms with van der Waals surface area (Å²) in [5.41, 5.74) is 3.84. The molecule has 0 aliphatic heterocycles. The fourth-order valence-electron chi connectivity index (χ4n) is 1.56. The summed E-state index contributed by atoms with van der Waals surface area (Å²) in [4.78, 5) is 11.0. The van der Waals surface area contributed by atoms with E-state index < -0.39 is 5.97 Å². The number of carboxylic acids is 1. The normalized spacial score (nSPS) is 10.8. The largest absolute Gasteiger partial charge is 0.478 e. The minimum absolute atomic E-state index is 0.00217. The van der Waals surface area contributed by atoms with Gasteiger partial charge in [0.15, 0.2) is 0 Å². The van der Waals surface area contributed by atoms with Gasteiger partial charge in [-0.05, 0) is 24.3 Å². The zero-order chi connectivity index (χ0) is 15.4. The van der Waals surface area contributed by atoms with Crippen molar-refractivity contribution in [3.05, 3.63) is 62.6 Å². The van der Waals surface area contributed by atoms with E-state index in [-0.39, 0.29) is 10.6 Å². The average molecular weight is 344 g/mol. The lowest BCUT2D eigenvalue weighted by Gasteiger charge is -2.04. The van der Waals surface area contributed by atoms with Gasteiger partial charge in [-0.15, -0.1) is 0 Å². The number of hydrazone groups is 1. The van der Waals surface area contributed by atoms with Crippen LogP contribution in [-0.4, -0.2) is 17.3 Å². The number of hydrogen-bond donors (Lipinski definition) is 2. The second-order valence-electron chi connectivity index (χ2n) is 4.01. The predicted molar refractivity (Wildman–Crippen MR) is 86.1 cm³/mol. The van der Waals surface area contributed by atoms with Gasteiger partial charge >= 0.3 is 5.97 Å². The highest BCUT2D eigenvalue weighted by molar-refractivity contribution is 6.43. The van der Waals surface area contributed by atoms with E-state index in [1.54, 1.807) is 24.3 Å². The molecule has 7 heteroatoms. The first kappa shape index (κ1) is 15.6. The van der Waals surface area contributed by atoms with Crippen LogP contribution in [0.2, 0.25) is 15.1 Å². The van der Waals surface area contributed by atoms with Crippen LogP contribution in [0.1, 0.15) is 15.9 Å². The lowest BCUT2D eigenvalue weighted by Crippen LogP contribution is -1.99. The average Bonchev–Trinajstić information content (AvgIpc) is 2.45. The predicted octanol–water partition coefficient (Wildman–Crippen LogP) is 4.79. The molecule has 0 bridgehead atoms. The quantitative estimate of drug-likeness (QED) is 0.619. The van der Waals surface area contributed by atoms with Gasteiger partial charge in [0.05, 0.1) is 32.5 Å². The van der Waals surface area contributed by atoms with Crippen molar-refractivity contribution in [2.24, 2.45) is 5.10 Å². The molecule has 0 aliphatic rings. The summed E-state index contributed by atoms with van der Waals surface area (Å²) in [6.45, 7) is 0. The standard InChI is InChI=1S/C14H9Cl3N2O2/c15-11-5-4-9(6-10(11)14(20)21)19-18-7-8-2-1-3-12(16)13(8)17/h1-7,19H,(H,20,21).